The highest BCUT2D eigenvalue weighted by atomic mass is 16.5. The summed E-state index contributed by atoms with van der Waals surface area (Å²) in [6, 6.07) is 0. The highest BCUT2D eigenvalue weighted by molar-refractivity contribution is 5.35. The molecule has 3 aliphatic rings. The van der Waals surface area contributed by atoms with Crippen molar-refractivity contribution >= 4 is 0 Å². The third kappa shape index (κ3) is 1.33. The number of hydrogen-bond donors (Lipinski definition) is 1. The molecule has 2 saturated carbocycles. The van der Waals surface area contributed by atoms with Crippen LogP contribution in [-0.2, 0) is 4.74 Å². The minimum absolute atomic E-state index is 0.103. The fourth-order valence-corrected chi connectivity index (χ4v) is 4.17. The van der Waals surface area contributed by atoms with Crippen molar-refractivity contribution in [3.63, 3.8) is 0 Å². The van der Waals surface area contributed by atoms with Gasteiger partial charge in [-0.25, -0.2) is 0 Å². The van der Waals surface area contributed by atoms with Crippen LogP contribution in [0.5, 0.6) is 0 Å². The summed E-state index contributed by atoms with van der Waals surface area (Å²) in [5.41, 5.74) is 1.12. The van der Waals surface area contributed by atoms with Gasteiger partial charge in [-0.3, -0.25) is 0 Å². The second kappa shape index (κ2) is 3.51. The molecular formula is C16H22O2. The fourth-order valence-electron chi connectivity index (χ4n) is 4.17. The number of ether oxygens (including phenoxy) is 1. The third-order valence-corrected chi connectivity index (χ3v) is 5.51. The van der Waals surface area contributed by atoms with E-state index >= 15 is 0 Å². The molecule has 1 saturated heterocycles. The van der Waals surface area contributed by atoms with Gasteiger partial charge in [-0.1, -0.05) is 26.7 Å². The Bertz CT molecular complexity index is 450. The highest BCUT2D eigenvalue weighted by Crippen LogP contribution is 2.59. The van der Waals surface area contributed by atoms with Crippen molar-refractivity contribution in [2.75, 3.05) is 0 Å². The molecule has 4 unspecified atom stereocenters. The van der Waals surface area contributed by atoms with Crippen LogP contribution in [-0.4, -0.2) is 16.8 Å². The Morgan fingerprint density at radius 3 is 2.72 bits per heavy atom. The Kier molecular flexibility index (Phi) is 2.34. The second-order valence-corrected chi connectivity index (χ2v) is 6.50. The lowest BCUT2D eigenvalue weighted by atomic mass is 9.53. The molecule has 18 heavy (non-hydrogen) atoms. The maximum atomic E-state index is 11.1. The lowest BCUT2D eigenvalue weighted by molar-refractivity contribution is -0.133. The monoisotopic (exact) mass is 246 g/mol. The van der Waals surface area contributed by atoms with Crippen molar-refractivity contribution in [1.29, 1.82) is 0 Å². The zero-order valence-electron chi connectivity index (χ0n) is 11.2. The summed E-state index contributed by atoms with van der Waals surface area (Å²) in [7, 11) is 0. The number of fused-ring (bicyclic) bond motifs is 2. The predicted molar refractivity (Wildman–Crippen MR) is 71.9 cm³/mol. The summed E-state index contributed by atoms with van der Waals surface area (Å²) in [6.45, 7) is 14.3. The van der Waals surface area contributed by atoms with E-state index in [4.69, 9.17) is 4.74 Å². The van der Waals surface area contributed by atoms with Crippen LogP contribution < -0.4 is 0 Å². The van der Waals surface area contributed by atoms with Gasteiger partial charge in [0.25, 0.3) is 0 Å². The summed E-state index contributed by atoms with van der Waals surface area (Å²) in [5, 5.41) is 11.1. The van der Waals surface area contributed by atoms with E-state index in [1.165, 1.54) is 0 Å². The number of rotatable bonds is 0. The zero-order valence-corrected chi connectivity index (χ0v) is 11.2. The quantitative estimate of drug-likeness (QED) is 0.664. The van der Waals surface area contributed by atoms with E-state index in [1.54, 1.807) is 0 Å². The van der Waals surface area contributed by atoms with Crippen molar-refractivity contribution in [3.05, 3.63) is 36.6 Å². The molecule has 0 radical (unpaired) electrons. The van der Waals surface area contributed by atoms with E-state index in [9.17, 15) is 5.11 Å². The molecule has 0 spiro atoms. The lowest BCUT2D eigenvalue weighted by Gasteiger charge is -2.55. The molecule has 2 heteroatoms. The molecule has 0 aromatic rings. The maximum absolute atomic E-state index is 11.1. The molecule has 0 amide bonds. The predicted octanol–water partition coefficient (Wildman–Crippen LogP) is 3.34. The topological polar surface area (TPSA) is 29.5 Å². The van der Waals surface area contributed by atoms with E-state index in [1.807, 2.05) is 0 Å². The molecule has 98 valence electrons. The van der Waals surface area contributed by atoms with E-state index in [0.717, 1.165) is 36.8 Å². The van der Waals surface area contributed by atoms with Gasteiger partial charge in [-0.05, 0) is 43.3 Å². The molecule has 0 aromatic carbocycles. The first-order chi connectivity index (χ1) is 8.37. The molecule has 3 fully saturated rings. The van der Waals surface area contributed by atoms with Gasteiger partial charge in [-0.2, -0.15) is 0 Å². The van der Waals surface area contributed by atoms with Crippen molar-refractivity contribution in [1.82, 2.24) is 0 Å². The Hall–Kier alpha value is -1.02. The largest absolute Gasteiger partial charge is 0.490 e. The van der Waals surface area contributed by atoms with Crippen LogP contribution in [0.15, 0.2) is 36.6 Å². The molecule has 0 aromatic heterocycles. The highest BCUT2D eigenvalue weighted by Gasteiger charge is 2.59. The van der Waals surface area contributed by atoms with Gasteiger partial charge >= 0.3 is 0 Å². The van der Waals surface area contributed by atoms with Crippen LogP contribution in [0.4, 0.5) is 0 Å². The maximum Gasteiger partial charge on any atom is 0.115 e. The Morgan fingerprint density at radius 1 is 1.28 bits per heavy atom. The molecule has 1 aliphatic heterocycles. The van der Waals surface area contributed by atoms with Gasteiger partial charge in [0.05, 0.1) is 5.60 Å². The van der Waals surface area contributed by atoms with Gasteiger partial charge in [0.15, 0.2) is 0 Å². The molecule has 1 heterocycles. The molecule has 0 bridgehead atoms. The minimum Gasteiger partial charge on any atom is -0.490 e. The smallest absolute Gasteiger partial charge is 0.115 e. The number of aliphatic hydroxyl groups is 1. The summed E-state index contributed by atoms with van der Waals surface area (Å²) < 4.78 is 5.84. The molecular weight excluding hydrogens is 224 g/mol. The van der Waals surface area contributed by atoms with Crippen LogP contribution in [0.3, 0.4) is 0 Å². The van der Waals surface area contributed by atoms with E-state index in [-0.39, 0.29) is 17.4 Å². The van der Waals surface area contributed by atoms with Crippen LogP contribution in [0.2, 0.25) is 0 Å². The minimum atomic E-state index is -0.747. The normalized spacial score (nSPS) is 47.6. The van der Waals surface area contributed by atoms with Crippen molar-refractivity contribution < 1.29 is 9.84 Å². The van der Waals surface area contributed by atoms with Crippen molar-refractivity contribution in [3.8, 4) is 0 Å². The molecule has 4 atom stereocenters. The molecule has 3 rings (SSSR count). The summed E-state index contributed by atoms with van der Waals surface area (Å²) in [4.78, 5) is 0. The van der Waals surface area contributed by atoms with Crippen LogP contribution in [0.1, 0.15) is 39.0 Å². The third-order valence-electron chi connectivity index (χ3n) is 5.51. The van der Waals surface area contributed by atoms with Crippen LogP contribution in [0.25, 0.3) is 0 Å². The summed E-state index contributed by atoms with van der Waals surface area (Å²) in [5.74, 6) is 0.923. The first kappa shape index (κ1) is 12.0. The molecule has 2 aliphatic carbocycles. The first-order valence-electron chi connectivity index (χ1n) is 6.83. The molecule has 1 N–H and O–H groups in total. The average molecular weight is 246 g/mol. The Balaban J connectivity index is 2.00. The van der Waals surface area contributed by atoms with Gasteiger partial charge < -0.3 is 9.84 Å². The first-order valence-corrected chi connectivity index (χ1v) is 6.83. The molecule has 2 nitrogen and oxygen atoms in total. The van der Waals surface area contributed by atoms with E-state index < -0.39 is 5.60 Å². The van der Waals surface area contributed by atoms with E-state index in [0.29, 0.717) is 12.2 Å². The lowest BCUT2D eigenvalue weighted by Crippen LogP contribution is -2.57. The fraction of sp³-hybridized carbons (Fsp3) is 0.625. The number of hydrogen-bond acceptors (Lipinski definition) is 2. The summed E-state index contributed by atoms with van der Waals surface area (Å²) in [6.07, 6.45) is 4.85. The van der Waals surface area contributed by atoms with Gasteiger partial charge in [0.2, 0.25) is 0 Å². The summed E-state index contributed by atoms with van der Waals surface area (Å²) >= 11 is 0. The Labute approximate surface area is 109 Å². The standard InChI is InChI=1S/C16H22O2/c1-10-6-5-7-15(4)9-14-13(8-16(10,15)17)11(2)12(3)18-14/h13-14,17H,1-3,5-9H2,4H3. The number of allylic oxidation sites excluding steroid dienone is 1. The van der Waals surface area contributed by atoms with Gasteiger partial charge in [0, 0.05) is 11.3 Å². The van der Waals surface area contributed by atoms with Crippen LogP contribution in [0, 0.1) is 11.3 Å². The Morgan fingerprint density at radius 2 is 2.00 bits per heavy atom. The second-order valence-electron chi connectivity index (χ2n) is 6.50. The van der Waals surface area contributed by atoms with Crippen molar-refractivity contribution in [2.24, 2.45) is 11.3 Å². The van der Waals surface area contributed by atoms with E-state index in [2.05, 4.69) is 26.7 Å². The SMILES string of the molecule is C=C1OC2CC3(C)CCCC(=C)C3(O)CC2C1=C. The van der Waals surface area contributed by atoms with Crippen molar-refractivity contribution in [2.45, 2.75) is 50.7 Å². The zero-order chi connectivity index (χ0) is 13.1. The average Bonchev–Trinajstić information content (AvgIpc) is 2.55. The van der Waals surface area contributed by atoms with Gasteiger partial charge in [0.1, 0.15) is 11.9 Å². The van der Waals surface area contributed by atoms with Gasteiger partial charge in [-0.15, -0.1) is 0 Å². The van der Waals surface area contributed by atoms with Crippen LogP contribution >= 0.6 is 0 Å².